The average Bonchev–Trinajstić information content (AvgIpc) is 2.54. The number of pyridine rings is 1. The third kappa shape index (κ3) is 1.82. The Morgan fingerprint density at radius 2 is 2.29 bits per heavy atom. The largest absolute Gasteiger partial charge is 0.462 e. The highest BCUT2D eigenvalue weighted by molar-refractivity contribution is 6.03. The molecule has 0 radical (unpaired) electrons. The number of hydrogen-bond donors (Lipinski definition) is 1. The molecule has 6 nitrogen and oxygen atoms in total. The number of carbonyl (C=O) groups is 1. The smallest absolute Gasteiger partial charge is 0.339 e. The predicted octanol–water partition coefficient (Wildman–Crippen LogP) is 0.747. The molecule has 0 aliphatic rings. The molecule has 0 bridgehead atoms. The zero-order chi connectivity index (χ0) is 12.6. The molecule has 0 amide bonds. The van der Waals surface area contributed by atoms with Crippen molar-refractivity contribution in [2.45, 2.75) is 13.8 Å². The fourth-order valence-electron chi connectivity index (χ4n) is 1.85. The third-order valence-corrected chi connectivity index (χ3v) is 2.50. The number of ether oxygens (including phenoxy) is 1. The zero-order valence-corrected chi connectivity index (χ0v) is 9.90. The van der Waals surface area contributed by atoms with E-state index in [1.54, 1.807) is 20.9 Å². The van der Waals surface area contributed by atoms with Crippen LogP contribution in [0.2, 0.25) is 0 Å². The molecule has 0 atom stereocenters. The van der Waals surface area contributed by atoms with Gasteiger partial charge in [-0.15, -0.1) is 0 Å². The van der Waals surface area contributed by atoms with E-state index in [0.29, 0.717) is 16.7 Å². The maximum atomic E-state index is 11.8. The maximum Gasteiger partial charge on any atom is 0.339 e. The first-order valence-electron chi connectivity index (χ1n) is 5.28. The van der Waals surface area contributed by atoms with Crippen LogP contribution in [0.5, 0.6) is 0 Å². The van der Waals surface area contributed by atoms with E-state index >= 15 is 0 Å². The Morgan fingerprint density at radius 1 is 1.59 bits per heavy atom. The Balaban J connectivity index is 2.77. The number of carbonyl (C=O) groups excluding carboxylic acids is 1. The van der Waals surface area contributed by atoms with Crippen molar-refractivity contribution in [3.8, 4) is 0 Å². The van der Waals surface area contributed by atoms with E-state index in [2.05, 4.69) is 10.1 Å². The van der Waals surface area contributed by atoms with E-state index in [1.807, 2.05) is 0 Å². The Hall–Kier alpha value is -2.11. The molecule has 90 valence electrons. The number of H-pyrrole nitrogens is 1. The van der Waals surface area contributed by atoms with Crippen molar-refractivity contribution >= 4 is 17.0 Å². The molecule has 1 N–H and O–H groups in total. The fourth-order valence-corrected chi connectivity index (χ4v) is 1.85. The van der Waals surface area contributed by atoms with Crippen LogP contribution in [0.4, 0.5) is 0 Å². The van der Waals surface area contributed by atoms with Gasteiger partial charge in [0.25, 0.3) is 0 Å². The minimum atomic E-state index is -0.500. The van der Waals surface area contributed by atoms with Crippen LogP contribution in [0.15, 0.2) is 10.9 Å². The molecule has 0 aliphatic heterocycles. The number of nitrogens with zero attached hydrogens (tertiary/aromatic N) is 2. The molecule has 0 spiro atoms. The summed E-state index contributed by atoms with van der Waals surface area (Å²) >= 11 is 0. The quantitative estimate of drug-likeness (QED) is 0.779. The summed E-state index contributed by atoms with van der Waals surface area (Å²) in [5, 5.41) is 4.80. The van der Waals surface area contributed by atoms with Crippen molar-refractivity contribution in [2.24, 2.45) is 7.05 Å². The van der Waals surface area contributed by atoms with E-state index in [1.165, 1.54) is 10.7 Å². The van der Waals surface area contributed by atoms with Gasteiger partial charge >= 0.3 is 5.97 Å². The predicted molar refractivity (Wildman–Crippen MR) is 62.0 cm³/mol. The van der Waals surface area contributed by atoms with Gasteiger partial charge < -0.3 is 9.72 Å². The van der Waals surface area contributed by atoms with Crippen LogP contribution in [0, 0.1) is 6.92 Å². The van der Waals surface area contributed by atoms with Crippen LogP contribution in [0.3, 0.4) is 0 Å². The van der Waals surface area contributed by atoms with Crippen molar-refractivity contribution in [3.05, 3.63) is 27.7 Å². The van der Waals surface area contributed by atoms with Crippen LogP contribution in [0.1, 0.15) is 23.0 Å². The van der Waals surface area contributed by atoms with Crippen LogP contribution in [0.25, 0.3) is 11.0 Å². The summed E-state index contributed by atoms with van der Waals surface area (Å²) in [5.74, 6) is -0.500. The number of esters is 1. The second-order valence-corrected chi connectivity index (χ2v) is 3.70. The fraction of sp³-hybridized carbons (Fsp3) is 0.364. The van der Waals surface area contributed by atoms with E-state index in [9.17, 15) is 9.59 Å². The second-order valence-electron chi connectivity index (χ2n) is 3.70. The lowest BCUT2D eigenvalue weighted by Gasteiger charge is -2.03. The van der Waals surface area contributed by atoms with Gasteiger partial charge in [-0.05, 0) is 13.8 Å². The van der Waals surface area contributed by atoms with E-state index in [0.717, 1.165) is 0 Å². The Labute approximate surface area is 97.2 Å². The molecule has 0 unspecified atom stereocenters. The van der Waals surface area contributed by atoms with Gasteiger partial charge in [0.15, 0.2) is 0 Å². The third-order valence-electron chi connectivity index (χ3n) is 2.50. The summed E-state index contributed by atoms with van der Waals surface area (Å²) < 4.78 is 6.46. The number of hydrogen-bond acceptors (Lipinski definition) is 4. The monoisotopic (exact) mass is 235 g/mol. The summed E-state index contributed by atoms with van der Waals surface area (Å²) in [6.07, 6.45) is 0. The molecular weight excluding hydrogens is 222 g/mol. The van der Waals surface area contributed by atoms with Gasteiger partial charge in [0.1, 0.15) is 5.65 Å². The highest BCUT2D eigenvalue weighted by Gasteiger charge is 2.17. The Morgan fingerprint density at radius 3 is 2.94 bits per heavy atom. The lowest BCUT2D eigenvalue weighted by Crippen LogP contribution is -2.13. The average molecular weight is 235 g/mol. The lowest BCUT2D eigenvalue weighted by molar-refractivity contribution is 0.0528. The zero-order valence-electron chi connectivity index (χ0n) is 9.90. The molecule has 0 saturated heterocycles. The van der Waals surface area contributed by atoms with Gasteiger partial charge in [-0.3, -0.25) is 9.48 Å². The summed E-state index contributed by atoms with van der Waals surface area (Å²) in [4.78, 5) is 25.9. The second kappa shape index (κ2) is 4.04. The summed E-state index contributed by atoms with van der Waals surface area (Å²) in [6, 6.07) is 1.25. The summed E-state index contributed by atoms with van der Waals surface area (Å²) in [6.45, 7) is 3.77. The number of fused-ring (bicyclic) bond motifs is 1. The van der Waals surface area contributed by atoms with E-state index < -0.39 is 5.97 Å². The van der Waals surface area contributed by atoms with Crippen molar-refractivity contribution in [1.29, 1.82) is 0 Å². The first-order chi connectivity index (χ1) is 8.04. The molecule has 0 aliphatic carbocycles. The summed E-state index contributed by atoms with van der Waals surface area (Å²) in [7, 11) is 1.71. The van der Waals surface area contributed by atoms with Gasteiger partial charge in [-0.25, -0.2) is 4.79 Å². The van der Waals surface area contributed by atoms with Gasteiger partial charge in [0.2, 0.25) is 5.56 Å². The van der Waals surface area contributed by atoms with Crippen molar-refractivity contribution in [1.82, 2.24) is 14.8 Å². The standard InChI is InChI=1S/C11H13N3O3/c1-4-17-11(16)7-5-8(15)12-10-9(7)6(2)13-14(10)3/h5H,4H2,1-3H3,(H,12,15). The highest BCUT2D eigenvalue weighted by Crippen LogP contribution is 2.19. The lowest BCUT2D eigenvalue weighted by atomic mass is 10.1. The Kier molecular flexibility index (Phi) is 2.71. The minimum absolute atomic E-state index is 0.260. The molecule has 6 heteroatoms. The molecule has 0 saturated carbocycles. The number of aromatic nitrogens is 3. The van der Waals surface area contributed by atoms with Crippen LogP contribution < -0.4 is 5.56 Å². The number of aromatic amines is 1. The van der Waals surface area contributed by atoms with Crippen molar-refractivity contribution in [3.63, 3.8) is 0 Å². The molecular formula is C11H13N3O3. The minimum Gasteiger partial charge on any atom is -0.462 e. The van der Waals surface area contributed by atoms with E-state index in [4.69, 9.17) is 4.74 Å². The number of nitrogens with one attached hydrogen (secondary N) is 1. The van der Waals surface area contributed by atoms with Crippen molar-refractivity contribution < 1.29 is 9.53 Å². The molecule has 2 aromatic rings. The van der Waals surface area contributed by atoms with Gasteiger partial charge in [0, 0.05) is 13.1 Å². The number of rotatable bonds is 2. The van der Waals surface area contributed by atoms with Gasteiger partial charge in [0.05, 0.1) is 23.3 Å². The van der Waals surface area contributed by atoms with Gasteiger partial charge in [-0.2, -0.15) is 5.10 Å². The van der Waals surface area contributed by atoms with Crippen LogP contribution in [-0.4, -0.2) is 27.3 Å². The summed E-state index contributed by atoms with van der Waals surface area (Å²) in [5.41, 5.74) is 1.12. The highest BCUT2D eigenvalue weighted by atomic mass is 16.5. The topological polar surface area (TPSA) is 77.0 Å². The Bertz CT molecular complexity index is 639. The van der Waals surface area contributed by atoms with Crippen LogP contribution >= 0.6 is 0 Å². The molecule has 2 heterocycles. The normalized spacial score (nSPS) is 10.8. The first-order valence-corrected chi connectivity index (χ1v) is 5.28. The van der Waals surface area contributed by atoms with E-state index in [-0.39, 0.29) is 17.7 Å². The number of aryl methyl sites for hydroxylation is 2. The van der Waals surface area contributed by atoms with Gasteiger partial charge in [-0.1, -0.05) is 0 Å². The molecule has 2 aromatic heterocycles. The SMILES string of the molecule is CCOC(=O)c1cc(=O)[nH]c2c1c(C)nn2C. The maximum absolute atomic E-state index is 11.8. The first kappa shape index (κ1) is 11.4. The molecule has 0 aromatic carbocycles. The van der Waals surface area contributed by atoms with Crippen molar-refractivity contribution in [2.75, 3.05) is 6.61 Å². The molecule has 17 heavy (non-hydrogen) atoms. The van der Waals surface area contributed by atoms with Crippen LogP contribution in [-0.2, 0) is 11.8 Å². The molecule has 0 fully saturated rings. The molecule has 2 rings (SSSR count).